The summed E-state index contributed by atoms with van der Waals surface area (Å²) in [5.74, 6) is 0.744. The first-order chi connectivity index (χ1) is 18.1. The molecule has 1 amide bonds. The second-order valence-corrected chi connectivity index (χ2v) is 10.8. The maximum atomic E-state index is 13.4. The lowest BCUT2D eigenvalue weighted by molar-refractivity contribution is -0.385. The van der Waals surface area contributed by atoms with Gasteiger partial charge in [0.05, 0.1) is 10.6 Å². The quantitative estimate of drug-likeness (QED) is 0.308. The fourth-order valence-electron chi connectivity index (χ4n) is 6.55. The molecule has 1 saturated heterocycles. The number of para-hydroxylation sites is 1. The molecular formula is C30H34N4O3. The topological polar surface area (TPSA) is 69.9 Å². The van der Waals surface area contributed by atoms with E-state index in [0.29, 0.717) is 12.5 Å². The molecule has 1 saturated carbocycles. The lowest BCUT2D eigenvalue weighted by atomic mass is 9.89. The van der Waals surface area contributed by atoms with Crippen LogP contribution in [0.3, 0.4) is 0 Å². The summed E-state index contributed by atoms with van der Waals surface area (Å²) in [6, 6.07) is 17.6. The van der Waals surface area contributed by atoms with Crippen molar-refractivity contribution in [2.75, 3.05) is 42.5 Å². The summed E-state index contributed by atoms with van der Waals surface area (Å²) in [5, 5.41) is 13.7. The van der Waals surface area contributed by atoms with Crippen molar-refractivity contribution in [3.63, 3.8) is 0 Å². The minimum atomic E-state index is -0.287. The molecule has 3 aromatic rings. The van der Waals surface area contributed by atoms with E-state index in [1.165, 1.54) is 37.8 Å². The van der Waals surface area contributed by atoms with Crippen LogP contribution in [0.5, 0.6) is 0 Å². The van der Waals surface area contributed by atoms with Crippen molar-refractivity contribution in [2.45, 2.75) is 45.1 Å². The first-order valence-electron chi connectivity index (χ1n) is 13.7. The second-order valence-electron chi connectivity index (χ2n) is 10.8. The number of hydrogen-bond acceptors (Lipinski definition) is 5. The molecule has 2 heterocycles. The van der Waals surface area contributed by atoms with Crippen LogP contribution in [0.2, 0.25) is 0 Å². The number of nitro groups is 1. The maximum absolute atomic E-state index is 13.4. The van der Waals surface area contributed by atoms with Crippen molar-refractivity contribution >= 4 is 33.7 Å². The van der Waals surface area contributed by atoms with E-state index in [1.807, 2.05) is 29.2 Å². The smallest absolute Gasteiger partial charge is 0.273 e. The third-order valence-corrected chi connectivity index (χ3v) is 8.44. The third-order valence-electron chi connectivity index (χ3n) is 8.44. The molecule has 192 valence electrons. The highest BCUT2D eigenvalue weighted by Gasteiger charge is 2.33. The molecule has 6 rings (SSSR count). The van der Waals surface area contributed by atoms with E-state index in [9.17, 15) is 14.9 Å². The van der Waals surface area contributed by atoms with Gasteiger partial charge in [-0.25, -0.2) is 0 Å². The number of rotatable bonds is 6. The van der Waals surface area contributed by atoms with Gasteiger partial charge in [-0.05, 0) is 43.4 Å². The summed E-state index contributed by atoms with van der Waals surface area (Å²) in [4.78, 5) is 31.4. The molecule has 0 bridgehead atoms. The van der Waals surface area contributed by atoms with E-state index in [-0.39, 0.29) is 16.5 Å². The summed E-state index contributed by atoms with van der Waals surface area (Å²) in [5.41, 5.74) is 4.04. The zero-order chi connectivity index (χ0) is 25.4. The number of carbonyl (C=O) groups is 1. The van der Waals surface area contributed by atoms with Crippen LogP contribution in [0.25, 0.3) is 10.8 Å². The van der Waals surface area contributed by atoms with Gasteiger partial charge in [0.25, 0.3) is 11.6 Å². The van der Waals surface area contributed by atoms with Crippen molar-refractivity contribution in [3.05, 3.63) is 75.8 Å². The van der Waals surface area contributed by atoms with Gasteiger partial charge in [-0.2, -0.15) is 0 Å². The molecule has 2 aliphatic heterocycles. The van der Waals surface area contributed by atoms with Crippen LogP contribution >= 0.6 is 0 Å². The van der Waals surface area contributed by atoms with Crippen molar-refractivity contribution in [1.29, 1.82) is 0 Å². The van der Waals surface area contributed by atoms with Gasteiger partial charge in [-0.15, -0.1) is 0 Å². The van der Waals surface area contributed by atoms with Crippen LogP contribution in [0.15, 0.2) is 54.6 Å². The zero-order valence-electron chi connectivity index (χ0n) is 21.3. The molecule has 0 spiro atoms. The molecule has 0 N–H and O–H groups in total. The highest BCUT2D eigenvalue weighted by Crippen LogP contribution is 2.43. The Balaban J connectivity index is 1.23. The first kappa shape index (κ1) is 23.9. The van der Waals surface area contributed by atoms with Crippen LogP contribution in [-0.4, -0.2) is 48.5 Å². The molecular weight excluding hydrogens is 464 g/mol. The van der Waals surface area contributed by atoms with E-state index in [4.69, 9.17) is 0 Å². The van der Waals surface area contributed by atoms with Crippen molar-refractivity contribution in [2.24, 2.45) is 5.92 Å². The number of hydrogen-bond donors (Lipinski definition) is 0. The minimum Gasteiger partial charge on any atom is -0.370 e. The molecule has 1 aliphatic carbocycles. The standard InChI is InChI=1S/C30H34N4O3/c35-30-25-12-6-11-24-27(14-15-28(29(24)25)33(30)20-22-8-2-1-3-9-22)32-17-7-16-31(18-19-32)21-23-10-4-5-13-26(23)34(36)37/h4-6,10-15,22H,1-3,7-9,16-21H2. The van der Waals surface area contributed by atoms with E-state index in [0.717, 1.165) is 66.7 Å². The second kappa shape index (κ2) is 10.1. The van der Waals surface area contributed by atoms with E-state index < -0.39 is 0 Å². The van der Waals surface area contributed by atoms with Crippen molar-refractivity contribution in [3.8, 4) is 0 Å². The molecule has 7 nitrogen and oxygen atoms in total. The number of benzene rings is 3. The predicted molar refractivity (Wildman–Crippen MR) is 147 cm³/mol. The van der Waals surface area contributed by atoms with Gasteiger partial charge in [0.2, 0.25) is 0 Å². The SMILES string of the molecule is O=C1c2cccc3c(N4CCCN(Cc5ccccc5[N+](=O)[O-])CC4)ccc(c23)N1CC1CCCCC1. The largest absolute Gasteiger partial charge is 0.370 e. The van der Waals surface area contributed by atoms with Gasteiger partial charge in [-0.1, -0.05) is 49.6 Å². The lowest BCUT2D eigenvalue weighted by Crippen LogP contribution is -2.33. The number of carbonyl (C=O) groups excluding carboxylic acids is 1. The Labute approximate surface area is 217 Å². The molecule has 0 unspecified atom stereocenters. The van der Waals surface area contributed by atoms with Crippen LogP contribution in [0, 0.1) is 16.0 Å². The van der Waals surface area contributed by atoms with Crippen molar-refractivity contribution in [1.82, 2.24) is 4.90 Å². The third kappa shape index (κ3) is 4.57. The monoisotopic (exact) mass is 498 g/mol. The molecule has 7 heteroatoms. The lowest BCUT2D eigenvalue weighted by Gasteiger charge is -2.28. The highest BCUT2D eigenvalue weighted by molar-refractivity contribution is 6.26. The van der Waals surface area contributed by atoms with Gasteiger partial charge in [0.15, 0.2) is 0 Å². The van der Waals surface area contributed by atoms with Crippen LogP contribution in [0.4, 0.5) is 17.1 Å². The summed E-state index contributed by atoms with van der Waals surface area (Å²) in [6.07, 6.45) is 7.29. The summed E-state index contributed by atoms with van der Waals surface area (Å²) in [6.45, 7) is 4.91. The Hall–Kier alpha value is -3.45. The molecule has 2 fully saturated rings. The van der Waals surface area contributed by atoms with Crippen LogP contribution < -0.4 is 9.80 Å². The first-order valence-corrected chi connectivity index (χ1v) is 13.7. The average molecular weight is 499 g/mol. The Kier molecular flexibility index (Phi) is 6.55. The van der Waals surface area contributed by atoms with Gasteiger partial charge >= 0.3 is 0 Å². The van der Waals surface area contributed by atoms with Crippen LogP contribution in [0.1, 0.15) is 54.4 Å². The van der Waals surface area contributed by atoms with E-state index in [1.54, 1.807) is 12.1 Å². The maximum Gasteiger partial charge on any atom is 0.273 e. The summed E-state index contributed by atoms with van der Waals surface area (Å²) < 4.78 is 0. The van der Waals surface area contributed by atoms with E-state index in [2.05, 4.69) is 28.0 Å². The fourth-order valence-corrected chi connectivity index (χ4v) is 6.55. The van der Waals surface area contributed by atoms with Gasteiger partial charge < -0.3 is 9.80 Å². The Bertz CT molecular complexity index is 1330. The summed E-state index contributed by atoms with van der Waals surface area (Å²) in [7, 11) is 0. The number of nitrogens with zero attached hydrogens (tertiary/aromatic N) is 4. The number of amides is 1. The van der Waals surface area contributed by atoms with Crippen molar-refractivity contribution < 1.29 is 9.72 Å². The summed E-state index contributed by atoms with van der Waals surface area (Å²) >= 11 is 0. The Morgan fingerprint density at radius 1 is 0.838 bits per heavy atom. The minimum absolute atomic E-state index is 0.148. The predicted octanol–water partition coefficient (Wildman–Crippen LogP) is 6.00. The van der Waals surface area contributed by atoms with Gasteiger partial charge in [0, 0.05) is 72.9 Å². The molecule has 0 atom stereocenters. The zero-order valence-corrected chi connectivity index (χ0v) is 21.3. The Morgan fingerprint density at radius 3 is 2.49 bits per heavy atom. The molecule has 37 heavy (non-hydrogen) atoms. The molecule has 0 radical (unpaired) electrons. The number of nitro benzene ring substituents is 1. The van der Waals surface area contributed by atoms with E-state index >= 15 is 0 Å². The molecule has 3 aromatic carbocycles. The van der Waals surface area contributed by atoms with Gasteiger partial charge in [0.1, 0.15) is 0 Å². The molecule has 3 aliphatic rings. The fraction of sp³-hybridized carbons (Fsp3) is 0.433. The normalized spacial score (nSPS) is 19.0. The van der Waals surface area contributed by atoms with Crippen LogP contribution in [-0.2, 0) is 6.54 Å². The molecule has 0 aromatic heterocycles. The highest BCUT2D eigenvalue weighted by atomic mass is 16.6. The Morgan fingerprint density at radius 2 is 1.65 bits per heavy atom. The van der Waals surface area contributed by atoms with Gasteiger partial charge in [-0.3, -0.25) is 19.8 Å². The average Bonchev–Trinajstić information content (AvgIpc) is 3.06. The number of anilines is 2.